The Morgan fingerprint density at radius 2 is 2.00 bits per heavy atom. The highest BCUT2D eigenvalue weighted by Gasteiger charge is 2.11. The molecule has 0 fully saturated rings. The minimum Gasteiger partial charge on any atom is -0.494 e. The zero-order valence-corrected chi connectivity index (χ0v) is 13.2. The number of pyridine rings is 1. The highest BCUT2D eigenvalue weighted by atomic mass is 35.5. The average Bonchev–Trinajstić information content (AvgIpc) is 2.55. The second-order valence-corrected chi connectivity index (χ2v) is 5.33. The first-order valence-corrected chi connectivity index (χ1v) is 7.26. The third kappa shape index (κ3) is 3.00. The van der Waals surface area contributed by atoms with Crippen molar-refractivity contribution in [2.24, 2.45) is 4.99 Å². The van der Waals surface area contributed by atoms with Crippen LogP contribution in [0.1, 0.15) is 5.56 Å². The van der Waals surface area contributed by atoms with Crippen molar-refractivity contribution in [3.63, 3.8) is 0 Å². The zero-order valence-electron chi connectivity index (χ0n) is 12.4. The quantitative estimate of drug-likeness (QED) is 0.720. The Balaban J connectivity index is 2.09. The average molecular weight is 349 g/mol. The molecule has 0 spiro atoms. The molecule has 1 aromatic heterocycles. The molecule has 0 saturated heterocycles. The van der Waals surface area contributed by atoms with Gasteiger partial charge < -0.3 is 9.72 Å². The number of halogens is 3. The molecule has 2 aromatic carbocycles. The molecule has 122 valence electrons. The molecule has 4 nitrogen and oxygen atoms in total. The maximum absolute atomic E-state index is 13.9. The minimum atomic E-state index is -0.698. The number of aromatic nitrogens is 1. The number of methoxy groups -OCH3 is 1. The summed E-state index contributed by atoms with van der Waals surface area (Å²) in [5.41, 5.74) is 0.579. The second kappa shape index (κ2) is 6.41. The summed E-state index contributed by atoms with van der Waals surface area (Å²) in [6.07, 6.45) is 1.32. The Morgan fingerprint density at radius 1 is 1.21 bits per heavy atom. The van der Waals surface area contributed by atoms with Crippen molar-refractivity contribution >= 4 is 34.4 Å². The Hall–Kier alpha value is -2.73. The van der Waals surface area contributed by atoms with Gasteiger partial charge in [-0.15, -0.1) is 0 Å². The van der Waals surface area contributed by atoms with Crippen molar-refractivity contribution in [2.45, 2.75) is 0 Å². The van der Waals surface area contributed by atoms with E-state index in [1.165, 1.54) is 49.7 Å². The Morgan fingerprint density at radius 3 is 2.75 bits per heavy atom. The fourth-order valence-electron chi connectivity index (χ4n) is 2.27. The van der Waals surface area contributed by atoms with Crippen LogP contribution in [0.25, 0.3) is 10.9 Å². The highest BCUT2D eigenvalue weighted by Crippen LogP contribution is 2.29. The van der Waals surface area contributed by atoms with E-state index in [-0.39, 0.29) is 22.0 Å². The molecule has 3 aromatic rings. The van der Waals surface area contributed by atoms with Crippen LogP contribution >= 0.6 is 11.6 Å². The monoisotopic (exact) mass is 348 g/mol. The number of benzene rings is 2. The number of rotatable bonds is 3. The van der Waals surface area contributed by atoms with Crippen molar-refractivity contribution in [2.75, 3.05) is 7.11 Å². The maximum Gasteiger partial charge on any atom is 0.248 e. The number of hydrogen-bond acceptors (Lipinski definition) is 3. The van der Waals surface area contributed by atoms with Gasteiger partial charge in [0.25, 0.3) is 0 Å². The van der Waals surface area contributed by atoms with Gasteiger partial charge >= 0.3 is 0 Å². The van der Waals surface area contributed by atoms with Gasteiger partial charge in [0.05, 0.1) is 23.3 Å². The van der Waals surface area contributed by atoms with Crippen LogP contribution in [0.15, 0.2) is 46.2 Å². The fourth-order valence-corrected chi connectivity index (χ4v) is 2.47. The van der Waals surface area contributed by atoms with Gasteiger partial charge in [-0.25, -0.2) is 8.78 Å². The lowest BCUT2D eigenvalue weighted by Crippen LogP contribution is -2.02. The van der Waals surface area contributed by atoms with Crippen molar-refractivity contribution < 1.29 is 13.5 Å². The van der Waals surface area contributed by atoms with Gasteiger partial charge in [-0.3, -0.25) is 9.79 Å². The van der Waals surface area contributed by atoms with Crippen LogP contribution < -0.4 is 10.3 Å². The molecule has 0 aliphatic rings. The number of aliphatic imine (C=N–C) groups is 1. The summed E-state index contributed by atoms with van der Waals surface area (Å²) in [5.74, 6) is -1.23. The van der Waals surface area contributed by atoms with Crippen LogP contribution in [-0.2, 0) is 0 Å². The lowest BCUT2D eigenvalue weighted by molar-refractivity contribution is 0.386. The number of fused-ring (bicyclic) bond motifs is 1. The van der Waals surface area contributed by atoms with Crippen molar-refractivity contribution in [3.8, 4) is 5.75 Å². The van der Waals surface area contributed by atoms with Gasteiger partial charge in [0.1, 0.15) is 5.82 Å². The van der Waals surface area contributed by atoms with E-state index in [2.05, 4.69) is 9.98 Å². The molecule has 0 bridgehead atoms. The highest BCUT2D eigenvalue weighted by molar-refractivity contribution is 6.33. The number of nitrogens with one attached hydrogen (secondary N) is 1. The standard InChI is InChI=1S/C17H11ClF2N2O2/c1-24-14-4-2-9(16(18)17(14)20)8-21-12-6-10(19)7-13-11(12)3-5-15(23)22-13/h2-8H,1H3,(H,22,23)/b21-8+. The number of hydrogen-bond donors (Lipinski definition) is 1. The molecule has 0 atom stereocenters. The van der Waals surface area contributed by atoms with Crippen LogP contribution in [-0.4, -0.2) is 18.3 Å². The van der Waals surface area contributed by atoms with E-state index in [1.807, 2.05) is 0 Å². The molecule has 0 amide bonds. The summed E-state index contributed by atoms with van der Waals surface area (Å²) < 4.78 is 32.5. The second-order valence-electron chi connectivity index (χ2n) is 4.95. The van der Waals surface area contributed by atoms with Gasteiger partial charge in [-0.05, 0) is 24.3 Å². The van der Waals surface area contributed by atoms with Crippen LogP contribution in [0.4, 0.5) is 14.5 Å². The molecule has 0 saturated carbocycles. The predicted molar refractivity (Wildman–Crippen MR) is 89.7 cm³/mol. The lowest BCUT2D eigenvalue weighted by Gasteiger charge is -2.06. The van der Waals surface area contributed by atoms with E-state index < -0.39 is 11.6 Å². The molecule has 1 N–H and O–H groups in total. The van der Waals surface area contributed by atoms with E-state index in [0.29, 0.717) is 16.5 Å². The van der Waals surface area contributed by atoms with E-state index in [4.69, 9.17) is 16.3 Å². The fraction of sp³-hybridized carbons (Fsp3) is 0.0588. The van der Waals surface area contributed by atoms with E-state index >= 15 is 0 Å². The number of nitrogens with zero attached hydrogens (tertiary/aromatic N) is 1. The van der Waals surface area contributed by atoms with Crippen molar-refractivity contribution in [1.29, 1.82) is 0 Å². The largest absolute Gasteiger partial charge is 0.494 e. The van der Waals surface area contributed by atoms with Gasteiger partial charge in [-0.2, -0.15) is 0 Å². The minimum absolute atomic E-state index is 0.0194. The Kier molecular flexibility index (Phi) is 4.31. The summed E-state index contributed by atoms with van der Waals surface area (Å²) >= 11 is 5.95. The first kappa shape index (κ1) is 16.1. The lowest BCUT2D eigenvalue weighted by atomic mass is 10.1. The van der Waals surface area contributed by atoms with E-state index in [0.717, 1.165) is 0 Å². The summed E-state index contributed by atoms with van der Waals surface area (Å²) in [6.45, 7) is 0. The molecule has 1 heterocycles. The number of aromatic amines is 1. The van der Waals surface area contributed by atoms with Gasteiger partial charge in [0.2, 0.25) is 5.56 Å². The normalized spacial score (nSPS) is 11.3. The Bertz CT molecular complexity index is 1020. The summed E-state index contributed by atoms with van der Waals surface area (Å²) in [4.78, 5) is 18.0. The number of H-pyrrole nitrogens is 1. The smallest absolute Gasteiger partial charge is 0.248 e. The molecular formula is C17H11ClF2N2O2. The Labute approximate surface area is 140 Å². The predicted octanol–water partition coefficient (Wildman–Crippen LogP) is 4.22. The first-order chi connectivity index (χ1) is 11.5. The molecule has 24 heavy (non-hydrogen) atoms. The van der Waals surface area contributed by atoms with E-state index in [9.17, 15) is 13.6 Å². The molecule has 3 rings (SSSR count). The SMILES string of the molecule is COc1ccc(/C=N/c2cc(F)cc3[nH]c(=O)ccc23)c(Cl)c1F. The number of ether oxygens (including phenoxy) is 1. The third-order valence-corrected chi connectivity index (χ3v) is 3.81. The molecule has 7 heteroatoms. The molecule has 0 aliphatic heterocycles. The summed E-state index contributed by atoms with van der Waals surface area (Å²) in [7, 11) is 1.34. The first-order valence-electron chi connectivity index (χ1n) is 6.88. The van der Waals surface area contributed by atoms with Crippen LogP contribution in [0.2, 0.25) is 5.02 Å². The zero-order chi connectivity index (χ0) is 17.3. The van der Waals surface area contributed by atoms with Crippen LogP contribution in [0, 0.1) is 11.6 Å². The van der Waals surface area contributed by atoms with E-state index in [1.54, 1.807) is 0 Å². The van der Waals surface area contributed by atoms with Gasteiger partial charge in [-0.1, -0.05) is 11.6 Å². The van der Waals surface area contributed by atoms with Crippen LogP contribution in [0.3, 0.4) is 0 Å². The van der Waals surface area contributed by atoms with Gasteiger partial charge in [0, 0.05) is 29.3 Å². The summed E-state index contributed by atoms with van der Waals surface area (Å²) in [5, 5.41) is 0.407. The molecule has 0 unspecified atom stereocenters. The topological polar surface area (TPSA) is 54.4 Å². The third-order valence-electron chi connectivity index (χ3n) is 3.42. The maximum atomic E-state index is 13.9. The summed E-state index contributed by atoms with van der Waals surface area (Å²) in [6, 6.07) is 8.23. The molecular weight excluding hydrogens is 338 g/mol. The van der Waals surface area contributed by atoms with Gasteiger partial charge in [0.15, 0.2) is 11.6 Å². The van der Waals surface area contributed by atoms with Crippen molar-refractivity contribution in [1.82, 2.24) is 4.98 Å². The molecule has 0 aliphatic carbocycles. The van der Waals surface area contributed by atoms with Crippen molar-refractivity contribution in [3.05, 3.63) is 69.0 Å². The van der Waals surface area contributed by atoms with Crippen LogP contribution in [0.5, 0.6) is 5.75 Å². The molecule has 0 radical (unpaired) electrons.